The topological polar surface area (TPSA) is 37.4 Å². The molecule has 1 N–H and O–H groups in total. The second-order valence-electron chi connectivity index (χ2n) is 6.65. The average molecular weight is 297 g/mol. The molecule has 2 unspecified atom stereocenters. The number of hydrogen-bond donors (Lipinski definition) is 1. The maximum Gasteiger partial charge on any atom is 0.0945 e. The van der Waals surface area contributed by atoms with E-state index in [2.05, 4.69) is 43.4 Å². The van der Waals surface area contributed by atoms with Crippen LogP contribution in [0.2, 0.25) is 0 Å². The highest BCUT2D eigenvalue weighted by Gasteiger charge is 2.27. The zero-order chi connectivity index (χ0) is 14.8. The molecular formula is C15H27N3OS. The molecule has 0 amide bonds. The lowest BCUT2D eigenvalue weighted by Crippen LogP contribution is -2.51. The fraction of sp³-hybridized carbons (Fsp3) is 0.800. The van der Waals surface area contributed by atoms with Crippen molar-refractivity contribution in [2.45, 2.75) is 44.8 Å². The molecule has 0 spiro atoms. The Hall–Kier alpha value is -0.490. The lowest BCUT2D eigenvalue weighted by atomic mass is 9.93. The van der Waals surface area contributed by atoms with E-state index in [9.17, 15) is 0 Å². The second kappa shape index (κ2) is 6.52. The fourth-order valence-corrected chi connectivity index (χ4v) is 3.49. The molecule has 2 atom stereocenters. The lowest BCUT2D eigenvalue weighted by Gasteiger charge is -2.34. The van der Waals surface area contributed by atoms with Gasteiger partial charge in [-0.05, 0) is 14.1 Å². The van der Waals surface area contributed by atoms with Crippen molar-refractivity contribution < 1.29 is 4.74 Å². The molecule has 1 aromatic heterocycles. The van der Waals surface area contributed by atoms with Crippen molar-refractivity contribution >= 4 is 11.3 Å². The van der Waals surface area contributed by atoms with E-state index in [1.807, 2.05) is 7.05 Å². The Morgan fingerprint density at radius 2 is 2.30 bits per heavy atom. The van der Waals surface area contributed by atoms with Crippen molar-refractivity contribution in [1.82, 2.24) is 15.2 Å². The molecule has 20 heavy (non-hydrogen) atoms. The van der Waals surface area contributed by atoms with Gasteiger partial charge in [0.1, 0.15) is 0 Å². The third-order valence-electron chi connectivity index (χ3n) is 3.83. The molecule has 0 saturated carbocycles. The summed E-state index contributed by atoms with van der Waals surface area (Å²) in [4.78, 5) is 7.13. The van der Waals surface area contributed by atoms with Gasteiger partial charge in [-0.2, -0.15) is 0 Å². The zero-order valence-corrected chi connectivity index (χ0v) is 14.1. The van der Waals surface area contributed by atoms with Gasteiger partial charge in [-0.3, -0.25) is 0 Å². The van der Waals surface area contributed by atoms with Gasteiger partial charge in [0.15, 0.2) is 0 Å². The quantitative estimate of drug-likeness (QED) is 0.921. The molecule has 1 fully saturated rings. The first-order chi connectivity index (χ1) is 9.40. The molecule has 2 rings (SSSR count). The largest absolute Gasteiger partial charge is 0.374 e. The van der Waals surface area contributed by atoms with Gasteiger partial charge in [0, 0.05) is 36.3 Å². The monoisotopic (exact) mass is 297 g/mol. The first-order valence-electron chi connectivity index (χ1n) is 7.32. The zero-order valence-electron chi connectivity index (χ0n) is 13.3. The third-order valence-corrected chi connectivity index (χ3v) is 4.70. The van der Waals surface area contributed by atoms with E-state index in [0.717, 1.165) is 26.1 Å². The number of ether oxygens (including phenoxy) is 1. The maximum absolute atomic E-state index is 5.92. The van der Waals surface area contributed by atoms with E-state index in [0.29, 0.717) is 6.04 Å². The number of aromatic nitrogens is 1. The van der Waals surface area contributed by atoms with E-state index in [1.165, 1.54) is 10.7 Å². The number of morpholine rings is 1. The van der Waals surface area contributed by atoms with Crippen molar-refractivity contribution in [2.75, 3.05) is 33.8 Å². The Bertz CT molecular complexity index is 427. The van der Waals surface area contributed by atoms with Crippen LogP contribution >= 0.6 is 11.3 Å². The van der Waals surface area contributed by atoms with Gasteiger partial charge in [0.25, 0.3) is 0 Å². The Morgan fingerprint density at radius 1 is 1.55 bits per heavy atom. The van der Waals surface area contributed by atoms with Crippen LogP contribution in [-0.2, 0) is 16.6 Å². The Morgan fingerprint density at radius 3 is 2.85 bits per heavy atom. The van der Waals surface area contributed by atoms with Crippen LogP contribution in [0.15, 0.2) is 5.38 Å². The Balaban J connectivity index is 2.01. The molecule has 1 aromatic rings. The van der Waals surface area contributed by atoms with Gasteiger partial charge in [0.2, 0.25) is 0 Å². The molecule has 5 heteroatoms. The summed E-state index contributed by atoms with van der Waals surface area (Å²) in [7, 11) is 4.17. The van der Waals surface area contributed by atoms with Crippen LogP contribution < -0.4 is 5.32 Å². The molecule has 0 aromatic carbocycles. The predicted molar refractivity (Wildman–Crippen MR) is 84.6 cm³/mol. The van der Waals surface area contributed by atoms with Crippen LogP contribution in [-0.4, -0.2) is 55.8 Å². The second-order valence-corrected chi connectivity index (χ2v) is 7.59. The fourth-order valence-electron chi connectivity index (χ4n) is 2.41. The van der Waals surface area contributed by atoms with Gasteiger partial charge in [-0.1, -0.05) is 20.8 Å². The van der Waals surface area contributed by atoms with Gasteiger partial charge in [0.05, 0.1) is 23.4 Å². The van der Waals surface area contributed by atoms with Crippen molar-refractivity contribution in [2.24, 2.45) is 0 Å². The van der Waals surface area contributed by atoms with Crippen LogP contribution in [0.5, 0.6) is 0 Å². The Kier molecular flexibility index (Phi) is 5.18. The van der Waals surface area contributed by atoms with Crippen LogP contribution in [0.4, 0.5) is 0 Å². The highest BCUT2D eigenvalue weighted by molar-refractivity contribution is 7.09. The molecular weight excluding hydrogens is 270 g/mol. The predicted octanol–water partition coefficient (Wildman–Crippen LogP) is 1.90. The number of rotatable bonds is 4. The van der Waals surface area contributed by atoms with Gasteiger partial charge >= 0.3 is 0 Å². The van der Waals surface area contributed by atoms with E-state index in [1.54, 1.807) is 11.3 Å². The minimum atomic E-state index is 0.130. The van der Waals surface area contributed by atoms with E-state index in [-0.39, 0.29) is 11.5 Å². The summed E-state index contributed by atoms with van der Waals surface area (Å²) >= 11 is 1.76. The number of hydrogen-bond acceptors (Lipinski definition) is 5. The molecule has 1 saturated heterocycles. The van der Waals surface area contributed by atoms with E-state index < -0.39 is 0 Å². The van der Waals surface area contributed by atoms with Crippen molar-refractivity contribution in [3.05, 3.63) is 16.1 Å². The molecule has 1 aliphatic rings. The summed E-state index contributed by atoms with van der Waals surface area (Å²) in [6, 6.07) is 0.330. The molecule has 0 bridgehead atoms. The van der Waals surface area contributed by atoms with E-state index in [4.69, 9.17) is 9.72 Å². The summed E-state index contributed by atoms with van der Waals surface area (Å²) in [5, 5.41) is 6.79. The molecule has 0 aliphatic carbocycles. The highest BCUT2D eigenvalue weighted by Crippen LogP contribution is 2.25. The summed E-state index contributed by atoms with van der Waals surface area (Å²) in [6.07, 6.45) is 1.19. The van der Waals surface area contributed by atoms with Gasteiger partial charge < -0.3 is 15.0 Å². The number of nitrogens with one attached hydrogen (secondary N) is 1. The summed E-state index contributed by atoms with van der Waals surface area (Å²) in [6.45, 7) is 9.47. The standard InChI is InChI=1S/C15H27N3OS/c1-15(2,3)13-10-20-14(17-13)8-11(16-4)12-9-18(5)6-7-19-12/h10-12,16H,6-9H2,1-5H3. The van der Waals surface area contributed by atoms with Gasteiger partial charge in [-0.15, -0.1) is 11.3 Å². The molecule has 0 radical (unpaired) electrons. The number of likely N-dealkylation sites (N-methyl/N-ethyl adjacent to an activating group) is 2. The van der Waals surface area contributed by atoms with Crippen LogP contribution in [0, 0.1) is 0 Å². The van der Waals surface area contributed by atoms with Crippen LogP contribution in [0.25, 0.3) is 0 Å². The maximum atomic E-state index is 5.92. The smallest absolute Gasteiger partial charge is 0.0945 e. The highest BCUT2D eigenvalue weighted by atomic mass is 32.1. The molecule has 114 valence electrons. The van der Waals surface area contributed by atoms with E-state index >= 15 is 0 Å². The third kappa shape index (κ3) is 4.01. The molecule has 1 aliphatic heterocycles. The lowest BCUT2D eigenvalue weighted by molar-refractivity contribution is -0.0372. The molecule has 4 nitrogen and oxygen atoms in total. The average Bonchev–Trinajstić information content (AvgIpc) is 2.84. The first-order valence-corrected chi connectivity index (χ1v) is 8.20. The summed E-state index contributed by atoms with van der Waals surface area (Å²) in [5.74, 6) is 0. The molecule has 2 heterocycles. The van der Waals surface area contributed by atoms with Crippen molar-refractivity contribution in [1.29, 1.82) is 0 Å². The minimum absolute atomic E-state index is 0.130. The SMILES string of the molecule is CNC(Cc1nc(C(C)(C)C)cs1)C1CN(C)CCO1. The van der Waals surface area contributed by atoms with Crippen molar-refractivity contribution in [3.63, 3.8) is 0 Å². The van der Waals surface area contributed by atoms with Crippen molar-refractivity contribution in [3.8, 4) is 0 Å². The normalized spacial score (nSPS) is 22.9. The first kappa shape index (κ1) is 15.9. The number of nitrogens with zero attached hydrogens (tertiary/aromatic N) is 2. The summed E-state index contributed by atoms with van der Waals surface area (Å²) < 4.78 is 5.92. The minimum Gasteiger partial charge on any atom is -0.374 e. The number of thiazole rings is 1. The van der Waals surface area contributed by atoms with Gasteiger partial charge in [-0.25, -0.2) is 4.98 Å². The summed E-state index contributed by atoms with van der Waals surface area (Å²) in [5.41, 5.74) is 1.32. The van der Waals surface area contributed by atoms with Crippen LogP contribution in [0.3, 0.4) is 0 Å². The Labute approximate surface area is 126 Å². The van der Waals surface area contributed by atoms with Crippen LogP contribution in [0.1, 0.15) is 31.5 Å².